The Morgan fingerprint density at radius 3 is 2.45 bits per heavy atom. The van der Waals surface area contributed by atoms with Gasteiger partial charge >= 0.3 is 0 Å². The molecule has 120 valence electrons. The van der Waals surface area contributed by atoms with Crippen molar-refractivity contribution in [3.63, 3.8) is 0 Å². The highest BCUT2D eigenvalue weighted by molar-refractivity contribution is 6.74. The number of benzene rings is 1. The van der Waals surface area contributed by atoms with E-state index in [2.05, 4.69) is 62.1 Å². The molecule has 1 aromatic carbocycles. The number of hydrogen-bond acceptors (Lipinski definition) is 2. The highest BCUT2D eigenvalue weighted by atomic mass is 28.4. The smallest absolute Gasteiger partial charge is 0.249 e. The number of hydrogen-bond donors (Lipinski definition) is 0. The predicted octanol–water partition coefficient (Wildman–Crippen LogP) is 6.01. The van der Waals surface area contributed by atoms with Crippen LogP contribution in [0.5, 0.6) is 0 Å². The maximum Gasteiger partial charge on any atom is 0.249 e. The zero-order valence-corrected chi connectivity index (χ0v) is 15.3. The molecular weight excluding hydrogens is 290 g/mol. The van der Waals surface area contributed by atoms with Gasteiger partial charge in [0.1, 0.15) is 0 Å². The van der Waals surface area contributed by atoms with Gasteiger partial charge in [-0.3, -0.25) is 0 Å². The van der Waals surface area contributed by atoms with E-state index < -0.39 is 8.32 Å². The molecular formula is C17H27N3OSi. The van der Waals surface area contributed by atoms with Gasteiger partial charge in [0.25, 0.3) is 0 Å². The van der Waals surface area contributed by atoms with E-state index in [1.54, 1.807) is 0 Å². The minimum Gasteiger partial charge on any atom is -0.549 e. The molecule has 0 aliphatic heterocycles. The summed E-state index contributed by atoms with van der Waals surface area (Å²) in [4.78, 5) is 2.83. The van der Waals surface area contributed by atoms with Crippen molar-refractivity contribution in [3.8, 4) is 0 Å². The quantitative estimate of drug-likeness (QED) is 0.200. The summed E-state index contributed by atoms with van der Waals surface area (Å²) in [5.74, 6) is 0.205. The standard InChI is InChI=1S/C17H27N3OSi/c1-17(2,3)22(4,5)21-14-12-16(11-13-19-20-18)15-9-7-6-8-10-15/h6-10,12,14,16H,11,13H2,1-5H3/b14-12+. The second-order valence-electron chi connectivity index (χ2n) is 6.97. The van der Waals surface area contributed by atoms with Crippen LogP contribution in [0.25, 0.3) is 10.4 Å². The Morgan fingerprint density at radius 1 is 1.27 bits per heavy atom. The SMILES string of the molecule is CC(C)(C)[Si](C)(C)O/C=C/C(CCN=[N+]=[N-])c1ccccc1. The van der Waals surface area contributed by atoms with Crippen molar-refractivity contribution in [2.24, 2.45) is 5.11 Å². The summed E-state index contributed by atoms with van der Waals surface area (Å²) in [5.41, 5.74) is 9.66. The summed E-state index contributed by atoms with van der Waals surface area (Å²) in [6.45, 7) is 11.6. The van der Waals surface area contributed by atoms with E-state index >= 15 is 0 Å². The van der Waals surface area contributed by atoms with E-state index in [9.17, 15) is 0 Å². The first kappa shape index (κ1) is 18.3. The Kier molecular flexibility index (Phi) is 6.72. The molecule has 22 heavy (non-hydrogen) atoms. The van der Waals surface area contributed by atoms with Gasteiger partial charge < -0.3 is 4.43 Å². The molecule has 1 unspecified atom stereocenters. The lowest BCUT2D eigenvalue weighted by molar-refractivity contribution is 0.426. The van der Waals surface area contributed by atoms with E-state index in [1.165, 1.54) is 5.56 Å². The third-order valence-corrected chi connectivity index (χ3v) is 8.65. The lowest BCUT2D eigenvalue weighted by Gasteiger charge is -2.35. The molecule has 0 bridgehead atoms. The maximum absolute atomic E-state index is 8.44. The molecule has 1 atom stereocenters. The average molecular weight is 318 g/mol. The number of rotatable bonds is 7. The second-order valence-corrected chi connectivity index (χ2v) is 11.7. The molecule has 0 aromatic heterocycles. The molecule has 0 radical (unpaired) electrons. The Hall–Kier alpha value is -1.71. The molecule has 0 aliphatic carbocycles. The van der Waals surface area contributed by atoms with E-state index in [0.717, 1.165) is 6.42 Å². The molecule has 0 saturated carbocycles. The van der Waals surface area contributed by atoms with Gasteiger partial charge in [-0.1, -0.05) is 56.2 Å². The van der Waals surface area contributed by atoms with Crippen molar-refractivity contribution >= 4 is 8.32 Å². The lowest BCUT2D eigenvalue weighted by Crippen LogP contribution is -2.39. The van der Waals surface area contributed by atoms with E-state index in [0.29, 0.717) is 6.54 Å². The van der Waals surface area contributed by atoms with Crippen LogP contribution >= 0.6 is 0 Å². The minimum absolute atomic E-state index is 0.185. The van der Waals surface area contributed by atoms with E-state index in [4.69, 9.17) is 9.96 Å². The molecule has 1 aromatic rings. The zero-order valence-electron chi connectivity index (χ0n) is 14.3. The molecule has 0 heterocycles. The maximum atomic E-state index is 8.44. The fraction of sp³-hybridized carbons (Fsp3) is 0.529. The van der Waals surface area contributed by atoms with E-state index in [1.807, 2.05) is 24.5 Å². The van der Waals surface area contributed by atoms with Crippen LogP contribution in [0.15, 0.2) is 47.8 Å². The highest BCUT2D eigenvalue weighted by Crippen LogP contribution is 2.36. The van der Waals surface area contributed by atoms with Gasteiger partial charge in [-0.25, -0.2) is 0 Å². The Labute approximate surface area is 135 Å². The minimum atomic E-state index is -1.78. The average Bonchev–Trinajstić information content (AvgIpc) is 2.45. The normalized spacial score (nSPS) is 13.7. The fourth-order valence-electron chi connectivity index (χ4n) is 1.80. The largest absolute Gasteiger partial charge is 0.549 e. The van der Waals surface area contributed by atoms with Gasteiger partial charge in [0.05, 0.1) is 6.26 Å². The topological polar surface area (TPSA) is 58.0 Å². The van der Waals surface area contributed by atoms with Gasteiger partial charge in [-0.2, -0.15) is 0 Å². The van der Waals surface area contributed by atoms with Crippen LogP contribution in [0.2, 0.25) is 18.1 Å². The van der Waals surface area contributed by atoms with Gasteiger partial charge in [0, 0.05) is 17.4 Å². The summed E-state index contributed by atoms with van der Waals surface area (Å²) < 4.78 is 6.11. The first-order valence-electron chi connectivity index (χ1n) is 7.68. The molecule has 0 spiro atoms. The van der Waals surface area contributed by atoms with Crippen molar-refractivity contribution in [3.05, 3.63) is 58.7 Å². The summed E-state index contributed by atoms with van der Waals surface area (Å²) in [7, 11) is -1.78. The summed E-state index contributed by atoms with van der Waals surface area (Å²) in [6.07, 6.45) is 4.72. The zero-order chi connectivity index (χ0) is 16.6. The van der Waals surface area contributed by atoms with Crippen LogP contribution in [0.4, 0.5) is 0 Å². The number of azide groups is 1. The first-order valence-corrected chi connectivity index (χ1v) is 10.6. The van der Waals surface area contributed by atoms with Crippen molar-refractivity contribution in [2.45, 2.75) is 51.2 Å². The van der Waals surface area contributed by atoms with Gasteiger partial charge in [-0.05, 0) is 41.7 Å². The third-order valence-electron chi connectivity index (χ3n) is 4.31. The number of allylic oxidation sites excluding steroid dienone is 1. The Balaban J connectivity index is 2.80. The summed E-state index contributed by atoms with van der Waals surface area (Å²) in [5, 5.41) is 3.83. The molecule has 0 fully saturated rings. The van der Waals surface area contributed by atoms with Crippen molar-refractivity contribution in [1.82, 2.24) is 0 Å². The molecule has 0 amide bonds. The molecule has 0 saturated heterocycles. The van der Waals surface area contributed by atoms with Crippen LogP contribution in [0.1, 0.15) is 38.7 Å². The molecule has 1 rings (SSSR count). The van der Waals surface area contributed by atoms with Gasteiger partial charge in [0.15, 0.2) is 0 Å². The second kappa shape index (κ2) is 8.06. The summed E-state index contributed by atoms with van der Waals surface area (Å²) >= 11 is 0. The highest BCUT2D eigenvalue weighted by Gasteiger charge is 2.37. The Bertz CT molecular complexity index is 529. The van der Waals surface area contributed by atoms with Crippen LogP contribution in [0.3, 0.4) is 0 Å². The molecule has 4 nitrogen and oxygen atoms in total. The lowest BCUT2D eigenvalue weighted by atomic mass is 9.96. The van der Waals surface area contributed by atoms with Crippen LogP contribution in [0, 0.1) is 0 Å². The predicted molar refractivity (Wildman–Crippen MR) is 95.2 cm³/mol. The van der Waals surface area contributed by atoms with Crippen LogP contribution in [-0.4, -0.2) is 14.9 Å². The van der Waals surface area contributed by atoms with Crippen LogP contribution in [-0.2, 0) is 4.43 Å². The third kappa shape index (κ3) is 5.58. The van der Waals surface area contributed by atoms with E-state index in [-0.39, 0.29) is 11.0 Å². The van der Waals surface area contributed by atoms with Gasteiger partial charge in [0.2, 0.25) is 8.32 Å². The molecule has 0 aliphatic rings. The molecule has 5 heteroatoms. The fourth-order valence-corrected chi connectivity index (χ4v) is 2.57. The monoisotopic (exact) mass is 317 g/mol. The summed E-state index contributed by atoms with van der Waals surface area (Å²) in [6, 6.07) is 10.2. The molecule has 0 N–H and O–H groups in total. The van der Waals surface area contributed by atoms with Crippen molar-refractivity contribution in [2.75, 3.05) is 6.54 Å². The number of nitrogens with zero attached hydrogens (tertiary/aromatic N) is 3. The van der Waals surface area contributed by atoms with Crippen LogP contribution < -0.4 is 0 Å². The first-order chi connectivity index (χ1) is 10.3. The van der Waals surface area contributed by atoms with Gasteiger partial charge in [-0.15, -0.1) is 0 Å². The Morgan fingerprint density at radius 2 is 1.91 bits per heavy atom. The van der Waals surface area contributed by atoms with Crippen molar-refractivity contribution in [1.29, 1.82) is 0 Å². The van der Waals surface area contributed by atoms with Crippen molar-refractivity contribution < 1.29 is 4.43 Å².